The van der Waals surface area contributed by atoms with E-state index >= 15 is 0 Å². The molecule has 0 aliphatic rings. The molecule has 20 heavy (non-hydrogen) atoms. The van der Waals surface area contributed by atoms with Crippen LogP contribution in [0.4, 0.5) is 0 Å². The highest BCUT2D eigenvalue weighted by Gasteiger charge is 2.09. The van der Waals surface area contributed by atoms with Gasteiger partial charge in [0.15, 0.2) is 0 Å². The second-order valence-electron chi connectivity index (χ2n) is 4.98. The summed E-state index contributed by atoms with van der Waals surface area (Å²) in [5.41, 5.74) is 1.46. The van der Waals surface area contributed by atoms with Gasteiger partial charge in [-0.1, -0.05) is 6.92 Å². The fraction of sp³-hybridized carbons (Fsp3) is 0.467. The lowest BCUT2D eigenvalue weighted by molar-refractivity contribution is 0.322. The highest BCUT2D eigenvalue weighted by Crippen LogP contribution is 2.25. The zero-order valence-corrected chi connectivity index (χ0v) is 15.4. The molecule has 0 saturated carbocycles. The fourth-order valence-electron chi connectivity index (χ4n) is 2.13. The average molecular weight is 373 g/mol. The largest absolute Gasteiger partial charge is 0.312 e. The Kier molecular flexibility index (Phi) is 6.23. The number of nitrogens with one attached hydrogen (secondary N) is 1. The van der Waals surface area contributed by atoms with Gasteiger partial charge in [-0.25, -0.2) is 0 Å². The normalized spacial score (nSPS) is 11.4. The van der Waals surface area contributed by atoms with Gasteiger partial charge < -0.3 is 5.32 Å². The highest BCUT2D eigenvalue weighted by atomic mass is 79.9. The summed E-state index contributed by atoms with van der Waals surface area (Å²) in [7, 11) is 2.19. The van der Waals surface area contributed by atoms with Gasteiger partial charge in [-0.15, -0.1) is 22.7 Å². The summed E-state index contributed by atoms with van der Waals surface area (Å²) in [5.74, 6) is 0. The molecule has 0 amide bonds. The SMILES string of the molecule is CCNCc1cc(CN(C)Cc2cc(Br)cs2)c(C)s1. The summed E-state index contributed by atoms with van der Waals surface area (Å²) in [4.78, 5) is 6.66. The minimum Gasteiger partial charge on any atom is -0.312 e. The Morgan fingerprint density at radius 2 is 2.05 bits per heavy atom. The van der Waals surface area contributed by atoms with Crippen LogP contribution in [0.5, 0.6) is 0 Å². The molecule has 0 fully saturated rings. The van der Waals surface area contributed by atoms with Crippen LogP contribution in [-0.2, 0) is 19.6 Å². The lowest BCUT2D eigenvalue weighted by atomic mass is 10.2. The van der Waals surface area contributed by atoms with E-state index in [9.17, 15) is 0 Å². The van der Waals surface area contributed by atoms with E-state index in [1.807, 2.05) is 22.7 Å². The van der Waals surface area contributed by atoms with Gasteiger partial charge in [0.05, 0.1) is 0 Å². The van der Waals surface area contributed by atoms with Crippen LogP contribution in [-0.4, -0.2) is 18.5 Å². The third-order valence-corrected chi connectivity index (χ3v) is 5.88. The van der Waals surface area contributed by atoms with E-state index in [0.29, 0.717) is 0 Å². The van der Waals surface area contributed by atoms with Gasteiger partial charge in [0.1, 0.15) is 0 Å². The predicted octanol–water partition coefficient (Wildman–Crippen LogP) is 4.62. The first-order valence-corrected chi connectivity index (χ1v) is 9.27. The molecule has 0 aliphatic heterocycles. The lowest BCUT2D eigenvalue weighted by Gasteiger charge is -2.15. The maximum absolute atomic E-state index is 3.51. The van der Waals surface area contributed by atoms with Crippen LogP contribution in [0, 0.1) is 6.92 Å². The number of rotatable bonds is 7. The highest BCUT2D eigenvalue weighted by molar-refractivity contribution is 9.10. The number of aryl methyl sites for hydroxylation is 1. The van der Waals surface area contributed by atoms with Gasteiger partial charge in [0, 0.05) is 44.1 Å². The molecule has 0 aromatic carbocycles. The maximum Gasteiger partial charge on any atom is 0.0328 e. The molecule has 0 spiro atoms. The van der Waals surface area contributed by atoms with Crippen LogP contribution >= 0.6 is 38.6 Å². The Hall–Kier alpha value is -0.200. The molecule has 5 heteroatoms. The zero-order chi connectivity index (χ0) is 14.5. The molecule has 0 unspecified atom stereocenters. The Bertz CT molecular complexity index is 548. The van der Waals surface area contributed by atoms with E-state index in [2.05, 4.69) is 64.6 Å². The molecular formula is C15H21BrN2S2. The van der Waals surface area contributed by atoms with Crippen LogP contribution in [0.1, 0.15) is 27.1 Å². The monoisotopic (exact) mass is 372 g/mol. The molecule has 2 aromatic heterocycles. The summed E-state index contributed by atoms with van der Waals surface area (Å²) in [6.07, 6.45) is 0. The standard InChI is InChI=1S/C15H21BrN2S2/c1-4-17-7-14-5-12(11(2)20-14)8-18(3)9-15-6-13(16)10-19-15/h5-6,10,17H,4,7-9H2,1-3H3. The van der Waals surface area contributed by atoms with Gasteiger partial charge in [0.2, 0.25) is 0 Å². The molecule has 0 saturated heterocycles. The maximum atomic E-state index is 3.51. The average Bonchev–Trinajstić information content (AvgIpc) is 2.94. The summed E-state index contributed by atoms with van der Waals surface area (Å²) >= 11 is 7.24. The van der Waals surface area contributed by atoms with Crippen molar-refractivity contribution in [3.05, 3.63) is 42.2 Å². The summed E-state index contributed by atoms with van der Waals surface area (Å²) in [5, 5.41) is 5.54. The van der Waals surface area contributed by atoms with Crippen molar-refractivity contribution in [3.8, 4) is 0 Å². The quantitative estimate of drug-likeness (QED) is 0.762. The van der Waals surface area contributed by atoms with Crippen molar-refractivity contribution in [2.75, 3.05) is 13.6 Å². The molecule has 2 heterocycles. The first-order valence-electron chi connectivity index (χ1n) is 6.78. The minimum absolute atomic E-state index is 0.990. The summed E-state index contributed by atoms with van der Waals surface area (Å²) in [6, 6.07) is 4.56. The second-order valence-corrected chi connectivity index (χ2v) is 8.23. The molecule has 110 valence electrons. The number of hydrogen-bond acceptors (Lipinski definition) is 4. The van der Waals surface area contributed by atoms with Gasteiger partial charge in [-0.2, -0.15) is 0 Å². The molecule has 2 rings (SSSR count). The molecule has 0 radical (unpaired) electrons. The third-order valence-electron chi connectivity index (χ3n) is 3.11. The van der Waals surface area contributed by atoms with Crippen LogP contribution in [0.2, 0.25) is 0 Å². The van der Waals surface area contributed by atoms with Crippen molar-refractivity contribution in [2.24, 2.45) is 0 Å². The molecule has 1 N–H and O–H groups in total. The first kappa shape index (κ1) is 16.2. The van der Waals surface area contributed by atoms with Gasteiger partial charge in [-0.3, -0.25) is 4.90 Å². The van der Waals surface area contributed by atoms with Crippen molar-refractivity contribution in [2.45, 2.75) is 33.5 Å². The van der Waals surface area contributed by atoms with Gasteiger partial charge in [0.25, 0.3) is 0 Å². The topological polar surface area (TPSA) is 15.3 Å². The van der Waals surface area contributed by atoms with E-state index in [1.165, 1.54) is 24.7 Å². The number of hydrogen-bond donors (Lipinski definition) is 1. The van der Waals surface area contributed by atoms with Crippen LogP contribution in [0.15, 0.2) is 22.0 Å². The van der Waals surface area contributed by atoms with E-state index in [4.69, 9.17) is 0 Å². The molecule has 0 bridgehead atoms. The summed E-state index contributed by atoms with van der Waals surface area (Å²) < 4.78 is 1.19. The lowest BCUT2D eigenvalue weighted by Crippen LogP contribution is -2.16. The Morgan fingerprint density at radius 1 is 1.25 bits per heavy atom. The van der Waals surface area contributed by atoms with Crippen LogP contribution < -0.4 is 5.32 Å². The predicted molar refractivity (Wildman–Crippen MR) is 93.6 cm³/mol. The van der Waals surface area contributed by atoms with Crippen molar-refractivity contribution in [3.63, 3.8) is 0 Å². The van der Waals surface area contributed by atoms with Crippen molar-refractivity contribution in [1.29, 1.82) is 0 Å². The molecule has 0 aliphatic carbocycles. The van der Waals surface area contributed by atoms with Crippen LogP contribution in [0.25, 0.3) is 0 Å². The van der Waals surface area contributed by atoms with E-state index in [-0.39, 0.29) is 0 Å². The minimum atomic E-state index is 0.990. The smallest absolute Gasteiger partial charge is 0.0328 e. The molecule has 0 atom stereocenters. The number of nitrogens with zero attached hydrogens (tertiary/aromatic N) is 1. The molecular weight excluding hydrogens is 352 g/mol. The van der Waals surface area contributed by atoms with Gasteiger partial charge >= 0.3 is 0 Å². The fourth-order valence-corrected chi connectivity index (χ4v) is 4.68. The Balaban J connectivity index is 1.93. The third kappa shape index (κ3) is 4.67. The van der Waals surface area contributed by atoms with Crippen LogP contribution in [0.3, 0.4) is 0 Å². The van der Waals surface area contributed by atoms with Crippen molar-refractivity contribution >= 4 is 38.6 Å². The second kappa shape index (κ2) is 7.71. The van der Waals surface area contributed by atoms with E-state index in [1.54, 1.807) is 0 Å². The summed E-state index contributed by atoms with van der Waals surface area (Å²) in [6.45, 7) is 8.42. The Morgan fingerprint density at radius 3 is 2.70 bits per heavy atom. The number of thiophene rings is 2. The molecule has 2 nitrogen and oxygen atoms in total. The van der Waals surface area contributed by atoms with E-state index < -0.39 is 0 Å². The number of halogens is 1. The van der Waals surface area contributed by atoms with Gasteiger partial charge in [-0.05, 0) is 54.1 Å². The van der Waals surface area contributed by atoms with Crippen molar-refractivity contribution < 1.29 is 0 Å². The van der Waals surface area contributed by atoms with Crippen molar-refractivity contribution in [1.82, 2.24) is 10.2 Å². The van der Waals surface area contributed by atoms with E-state index in [0.717, 1.165) is 26.2 Å². The first-order chi connectivity index (χ1) is 9.58. The zero-order valence-electron chi connectivity index (χ0n) is 12.2. The Labute approximate surface area is 138 Å². The molecule has 2 aromatic rings.